The van der Waals surface area contributed by atoms with Gasteiger partial charge in [-0.15, -0.1) is 0 Å². The number of carbonyl (C=O) groups is 2. The number of hydrogen-bond acceptors (Lipinski definition) is 3. The maximum absolute atomic E-state index is 12.5. The Morgan fingerprint density at radius 1 is 1.04 bits per heavy atom. The van der Waals surface area contributed by atoms with Gasteiger partial charge in [0.2, 0.25) is 0 Å². The summed E-state index contributed by atoms with van der Waals surface area (Å²) in [5, 5.41) is 3.04. The summed E-state index contributed by atoms with van der Waals surface area (Å²) in [6.07, 6.45) is 1.55. The molecule has 0 radical (unpaired) electrons. The highest BCUT2D eigenvalue weighted by molar-refractivity contribution is 5.95. The van der Waals surface area contributed by atoms with Crippen molar-refractivity contribution in [3.63, 3.8) is 0 Å². The summed E-state index contributed by atoms with van der Waals surface area (Å²) >= 11 is 0. The first-order chi connectivity index (χ1) is 11.2. The smallest absolute Gasteiger partial charge is 0.339 e. The zero-order valence-electron chi connectivity index (χ0n) is 12.6. The fourth-order valence-corrected chi connectivity index (χ4v) is 3.45. The molecule has 0 saturated carbocycles. The molecule has 0 spiro atoms. The standard InChI is InChI=1S/C19H17NO3/c21-18(20-16-10-9-12-5-1-3-7-14(12)16)17-11-13-6-2-4-8-15(13)19(22)23-17/h1-8,16-17H,9-11H2,(H,20,21). The van der Waals surface area contributed by atoms with Gasteiger partial charge in [0.25, 0.3) is 5.91 Å². The lowest BCUT2D eigenvalue weighted by Crippen LogP contribution is -2.42. The molecule has 1 heterocycles. The Bertz CT molecular complexity index is 784. The average Bonchev–Trinajstić information content (AvgIpc) is 2.98. The van der Waals surface area contributed by atoms with Crippen molar-refractivity contribution in [1.29, 1.82) is 0 Å². The maximum Gasteiger partial charge on any atom is 0.339 e. The fraction of sp³-hybridized carbons (Fsp3) is 0.263. The first-order valence-corrected chi connectivity index (χ1v) is 7.89. The Morgan fingerprint density at radius 3 is 2.65 bits per heavy atom. The number of ether oxygens (including phenoxy) is 1. The van der Waals surface area contributed by atoms with Gasteiger partial charge in [0.05, 0.1) is 11.6 Å². The predicted molar refractivity (Wildman–Crippen MR) is 85.0 cm³/mol. The van der Waals surface area contributed by atoms with Crippen LogP contribution in [0.15, 0.2) is 48.5 Å². The number of benzene rings is 2. The molecule has 116 valence electrons. The van der Waals surface area contributed by atoms with Crippen LogP contribution in [-0.2, 0) is 22.4 Å². The van der Waals surface area contributed by atoms with Crippen LogP contribution in [0.2, 0.25) is 0 Å². The topological polar surface area (TPSA) is 55.4 Å². The summed E-state index contributed by atoms with van der Waals surface area (Å²) < 4.78 is 5.32. The van der Waals surface area contributed by atoms with E-state index in [1.54, 1.807) is 12.1 Å². The lowest BCUT2D eigenvalue weighted by atomic mass is 9.98. The van der Waals surface area contributed by atoms with Crippen molar-refractivity contribution in [3.05, 3.63) is 70.8 Å². The van der Waals surface area contributed by atoms with E-state index in [4.69, 9.17) is 4.74 Å². The number of nitrogens with one attached hydrogen (secondary N) is 1. The summed E-state index contributed by atoms with van der Waals surface area (Å²) in [5.41, 5.74) is 3.88. The molecular formula is C19H17NO3. The second-order valence-electron chi connectivity index (χ2n) is 6.05. The van der Waals surface area contributed by atoms with E-state index in [0.29, 0.717) is 12.0 Å². The molecule has 2 aromatic carbocycles. The highest BCUT2D eigenvalue weighted by Gasteiger charge is 2.33. The van der Waals surface area contributed by atoms with E-state index in [2.05, 4.69) is 17.4 Å². The Labute approximate surface area is 134 Å². The van der Waals surface area contributed by atoms with Crippen molar-refractivity contribution in [2.45, 2.75) is 31.4 Å². The van der Waals surface area contributed by atoms with Gasteiger partial charge >= 0.3 is 5.97 Å². The minimum absolute atomic E-state index is 0.00886. The molecule has 0 saturated heterocycles. The van der Waals surface area contributed by atoms with E-state index in [0.717, 1.165) is 18.4 Å². The molecule has 0 fully saturated rings. The van der Waals surface area contributed by atoms with Gasteiger partial charge in [-0.3, -0.25) is 4.79 Å². The van der Waals surface area contributed by atoms with Gasteiger partial charge in [-0.2, -0.15) is 0 Å². The third-order valence-corrected chi connectivity index (χ3v) is 4.63. The zero-order chi connectivity index (χ0) is 15.8. The van der Waals surface area contributed by atoms with E-state index in [1.165, 1.54) is 11.1 Å². The molecular weight excluding hydrogens is 290 g/mol. The molecule has 1 aliphatic heterocycles. The highest BCUT2D eigenvalue weighted by atomic mass is 16.5. The minimum atomic E-state index is -0.745. The van der Waals surface area contributed by atoms with Crippen molar-refractivity contribution in [3.8, 4) is 0 Å². The van der Waals surface area contributed by atoms with Gasteiger partial charge < -0.3 is 10.1 Å². The van der Waals surface area contributed by atoms with Crippen molar-refractivity contribution in [2.24, 2.45) is 0 Å². The number of hydrogen-bond donors (Lipinski definition) is 1. The molecule has 4 heteroatoms. The van der Waals surface area contributed by atoms with Crippen LogP contribution in [0.3, 0.4) is 0 Å². The zero-order valence-corrected chi connectivity index (χ0v) is 12.6. The van der Waals surface area contributed by atoms with Crippen molar-refractivity contribution >= 4 is 11.9 Å². The maximum atomic E-state index is 12.5. The van der Waals surface area contributed by atoms with E-state index in [-0.39, 0.29) is 11.9 Å². The monoisotopic (exact) mass is 307 g/mol. The number of fused-ring (bicyclic) bond motifs is 2. The summed E-state index contributed by atoms with van der Waals surface area (Å²) in [6.45, 7) is 0. The summed E-state index contributed by atoms with van der Waals surface area (Å²) in [4.78, 5) is 24.6. The van der Waals surface area contributed by atoms with Gasteiger partial charge in [-0.25, -0.2) is 4.79 Å². The number of amides is 1. The Morgan fingerprint density at radius 2 is 1.78 bits per heavy atom. The Balaban J connectivity index is 1.50. The first-order valence-electron chi connectivity index (χ1n) is 7.89. The third kappa shape index (κ3) is 2.50. The lowest BCUT2D eigenvalue weighted by molar-refractivity contribution is -0.131. The van der Waals surface area contributed by atoms with Gasteiger partial charge in [-0.05, 0) is 35.6 Å². The van der Waals surface area contributed by atoms with Crippen molar-refractivity contribution in [2.75, 3.05) is 0 Å². The van der Waals surface area contributed by atoms with Crippen molar-refractivity contribution < 1.29 is 14.3 Å². The molecule has 0 aromatic heterocycles. The minimum Gasteiger partial charge on any atom is -0.448 e. The van der Waals surface area contributed by atoms with Crippen LogP contribution in [0.25, 0.3) is 0 Å². The quantitative estimate of drug-likeness (QED) is 0.868. The summed E-state index contributed by atoms with van der Waals surface area (Å²) in [5.74, 6) is -0.631. The highest BCUT2D eigenvalue weighted by Crippen LogP contribution is 2.31. The van der Waals surface area contributed by atoms with E-state index < -0.39 is 12.1 Å². The fourth-order valence-electron chi connectivity index (χ4n) is 3.45. The van der Waals surface area contributed by atoms with Crippen molar-refractivity contribution in [1.82, 2.24) is 5.32 Å². The second-order valence-corrected chi connectivity index (χ2v) is 6.05. The molecule has 2 aliphatic rings. The average molecular weight is 307 g/mol. The molecule has 23 heavy (non-hydrogen) atoms. The largest absolute Gasteiger partial charge is 0.448 e. The molecule has 2 unspecified atom stereocenters. The molecule has 1 amide bonds. The second kappa shape index (κ2) is 5.54. The van der Waals surface area contributed by atoms with Crippen LogP contribution in [0.5, 0.6) is 0 Å². The summed E-state index contributed by atoms with van der Waals surface area (Å²) in [6, 6.07) is 15.4. The summed E-state index contributed by atoms with van der Waals surface area (Å²) in [7, 11) is 0. The Kier molecular flexibility index (Phi) is 3.37. The van der Waals surface area contributed by atoms with E-state index in [9.17, 15) is 9.59 Å². The predicted octanol–water partition coefficient (Wildman–Crippen LogP) is 2.57. The Hall–Kier alpha value is -2.62. The third-order valence-electron chi connectivity index (χ3n) is 4.63. The van der Waals surface area contributed by atoms with Crippen LogP contribution in [0.1, 0.15) is 39.5 Å². The molecule has 4 nitrogen and oxygen atoms in total. The molecule has 0 bridgehead atoms. The number of cyclic esters (lactones) is 1. The van der Waals surface area contributed by atoms with Crippen LogP contribution in [0.4, 0.5) is 0 Å². The number of esters is 1. The van der Waals surface area contributed by atoms with E-state index >= 15 is 0 Å². The van der Waals surface area contributed by atoms with Crippen LogP contribution >= 0.6 is 0 Å². The molecule has 2 aromatic rings. The molecule has 2 atom stereocenters. The van der Waals surface area contributed by atoms with Gasteiger partial charge in [0.1, 0.15) is 0 Å². The molecule has 4 rings (SSSR count). The normalized spacial score (nSPS) is 22.0. The van der Waals surface area contributed by atoms with Gasteiger partial charge in [0, 0.05) is 6.42 Å². The molecule has 1 aliphatic carbocycles. The van der Waals surface area contributed by atoms with Gasteiger partial charge in [-0.1, -0.05) is 42.5 Å². The van der Waals surface area contributed by atoms with Crippen LogP contribution < -0.4 is 5.32 Å². The number of carbonyl (C=O) groups excluding carboxylic acids is 2. The number of aryl methyl sites for hydroxylation is 1. The van der Waals surface area contributed by atoms with Crippen LogP contribution in [0, 0.1) is 0 Å². The lowest BCUT2D eigenvalue weighted by Gasteiger charge is -2.25. The van der Waals surface area contributed by atoms with E-state index in [1.807, 2.05) is 24.3 Å². The number of rotatable bonds is 2. The van der Waals surface area contributed by atoms with Gasteiger partial charge in [0.15, 0.2) is 6.10 Å². The SMILES string of the molecule is O=C1OC(C(=O)NC2CCc3ccccc32)Cc2ccccc21. The van der Waals surface area contributed by atoms with Crippen LogP contribution in [-0.4, -0.2) is 18.0 Å². The first kappa shape index (κ1) is 14.0. The molecule has 1 N–H and O–H groups in total.